The Morgan fingerprint density at radius 2 is 1.64 bits per heavy atom. The zero-order chi connectivity index (χ0) is 25.1. The second kappa shape index (κ2) is 11.1. The zero-order valence-electron chi connectivity index (χ0n) is 21.8. The molecule has 194 valence electrons. The Labute approximate surface area is 219 Å². The van der Waals surface area contributed by atoms with Crippen LogP contribution in [-0.4, -0.2) is 48.4 Å². The third-order valence-electron chi connectivity index (χ3n) is 8.75. The van der Waals surface area contributed by atoms with E-state index in [9.17, 15) is 9.59 Å². The van der Waals surface area contributed by atoms with E-state index >= 15 is 0 Å². The van der Waals surface area contributed by atoms with Crippen molar-refractivity contribution in [3.8, 4) is 0 Å². The Hall–Kier alpha value is -2.18. The Kier molecular flexibility index (Phi) is 7.82. The van der Waals surface area contributed by atoms with E-state index in [4.69, 9.17) is 4.74 Å². The van der Waals surface area contributed by atoms with Gasteiger partial charge in [0, 0.05) is 31.7 Å². The van der Waals surface area contributed by atoms with E-state index in [0.717, 1.165) is 31.2 Å². The number of thiophene rings is 1. The largest absolute Gasteiger partial charge is 0.385 e. The molecular formula is C30H40N2O3S. The van der Waals surface area contributed by atoms with Crippen LogP contribution >= 0.6 is 11.3 Å². The molecule has 4 saturated carbocycles. The van der Waals surface area contributed by atoms with Crippen LogP contribution in [0.2, 0.25) is 0 Å². The number of ether oxygens (including phenoxy) is 1. The number of methoxy groups -OCH3 is 1. The molecule has 0 saturated heterocycles. The average molecular weight is 509 g/mol. The van der Waals surface area contributed by atoms with E-state index in [0.29, 0.717) is 44.0 Å². The molecule has 1 aromatic carbocycles. The minimum absolute atomic E-state index is 0.0298. The van der Waals surface area contributed by atoms with Gasteiger partial charge in [-0.25, -0.2) is 0 Å². The molecule has 4 aliphatic rings. The van der Waals surface area contributed by atoms with Crippen LogP contribution in [0.4, 0.5) is 0 Å². The maximum Gasteiger partial charge on any atom is 0.242 e. The molecule has 0 N–H and O–H groups in total. The first-order valence-corrected chi connectivity index (χ1v) is 14.5. The van der Waals surface area contributed by atoms with Crippen LogP contribution in [0.5, 0.6) is 0 Å². The van der Waals surface area contributed by atoms with Crippen molar-refractivity contribution < 1.29 is 14.3 Å². The molecule has 0 atom stereocenters. The number of hydrogen-bond acceptors (Lipinski definition) is 4. The summed E-state index contributed by atoms with van der Waals surface area (Å²) in [5.41, 5.74) is 2.09. The standard InChI is InChI=1S/C30H40N2O3S/c1-22-9-12-36-27(22)20-32(19-23-7-4-3-5-8-23)28(33)21-31(10-6-11-35-2)29(34)30-16-24-13-25(17-30)15-26(14-24)18-30/h3-5,7-9,12,24-26H,6,10-11,13-21H2,1-2H3. The summed E-state index contributed by atoms with van der Waals surface area (Å²) >= 11 is 1.70. The van der Waals surface area contributed by atoms with Gasteiger partial charge < -0.3 is 14.5 Å². The molecule has 2 aromatic rings. The number of carbonyl (C=O) groups is 2. The number of amides is 2. The van der Waals surface area contributed by atoms with Crippen molar-refractivity contribution >= 4 is 23.2 Å². The zero-order valence-corrected chi connectivity index (χ0v) is 22.6. The summed E-state index contributed by atoms with van der Waals surface area (Å²) < 4.78 is 5.30. The normalized spacial score (nSPS) is 26.2. The van der Waals surface area contributed by atoms with Crippen molar-refractivity contribution in [3.05, 3.63) is 57.8 Å². The molecule has 2 amide bonds. The summed E-state index contributed by atoms with van der Waals surface area (Å²) in [7, 11) is 1.70. The second-order valence-corrected chi connectivity index (χ2v) is 12.5. The molecule has 0 spiro atoms. The smallest absolute Gasteiger partial charge is 0.242 e. The van der Waals surface area contributed by atoms with Gasteiger partial charge in [0.25, 0.3) is 0 Å². The number of benzene rings is 1. The molecular weight excluding hydrogens is 468 g/mol. The quantitative estimate of drug-likeness (QED) is 0.368. The number of nitrogens with zero attached hydrogens (tertiary/aromatic N) is 2. The van der Waals surface area contributed by atoms with Gasteiger partial charge in [0.2, 0.25) is 11.8 Å². The van der Waals surface area contributed by atoms with Crippen LogP contribution in [0.1, 0.15) is 60.9 Å². The average Bonchev–Trinajstić information content (AvgIpc) is 3.26. The predicted octanol–water partition coefficient (Wildman–Crippen LogP) is 5.67. The van der Waals surface area contributed by atoms with E-state index in [1.807, 2.05) is 28.0 Å². The molecule has 5 nitrogen and oxygen atoms in total. The fourth-order valence-electron chi connectivity index (χ4n) is 7.40. The second-order valence-electron chi connectivity index (χ2n) is 11.5. The molecule has 36 heavy (non-hydrogen) atoms. The third kappa shape index (κ3) is 5.55. The molecule has 0 radical (unpaired) electrons. The van der Waals surface area contributed by atoms with Gasteiger partial charge >= 0.3 is 0 Å². The number of hydrogen-bond donors (Lipinski definition) is 0. The van der Waals surface area contributed by atoms with Gasteiger partial charge in [0.05, 0.1) is 18.5 Å². The highest BCUT2D eigenvalue weighted by atomic mass is 32.1. The lowest BCUT2D eigenvalue weighted by Crippen LogP contribution is -2.56. The molecule has 1 heterocycles. The van der Waals surface area contributed by atoms with Gasteiger partial charge in [-0.2, -0.15) is 0 Å². The van der Waals surface area contributed by atoms with E-state index in [-0.39, 0.29) is 23.8 Å². The highest BCUT2D eigenvalue weighted by Crippen LogP contribution is 2.60. The molecule has 0 aliphatic heterocycles. The van der Waals surface area contributed by atoms with Crippen LogP contribution in [0.15, 0.2) is 41.8 Å². The predicted molar refractivity (Wildman–Crippen MR) is 143 cm³/mol. The van der Waals surface area contributed by atoms with Gasteiger partial charge in [-0.15, -0.1) is 11.3 Å². The molecule has 1 aromatic heterocycles. The van der Waals surface area contributed by atoms with Crippen molar-refractivity contribution in [2.24, 2.45) is 23.2 Å². The van der Waals surface area contributed by atoms with E-state index in [1.54, 1.807) is 18.4 Å². The maximum absolute atomic E-state index is 14.2. The van der Waals surface area contributed by atoms with Crippen LogP contribution in [-0.2, 0) is 27.4 Å². The van der Waals surface area contributed by atoms with Crippen LogP contribution in [0, 0.1) is 30.1 Å². The van der Waals surface area contributed by atoms with Crippen molar-refractivity contribution in [1.29, 1.82) is 0 Å². The fourth-order valence-corrected chi connectivity index (χ4v) is 8.32. The minimum atomic E-state index is -0.239. The van der Waals surface area contributed by atoms with E-state index in [2.05, 4.69) is 30.5 Å². The van der Waals surface area contributed by atoms with Gasteiger partial charge in [0.15, 0.2) is 0 Å². The van der Waals surface area contributed by atoms with Gasteiger partial charge in [0.1, 0.15) is 0 Å². The number of carbonyl (C=O) groups excluding carboxylic acids is 2. The van der Waals surface area contributed by atoms with E-state index < -0.39 is 0 Å². The summed E-state index contributed by atoms with van der Waals surface area (Å²) in [6.07, 6.45) is 7.74. The van der Waals surface area contributed by atoms with Crippen molar-refractivity contribution in [2.45, 2.75) is 65.0 Å². The van der Waals surface area contributed by atoms with Gasteiger partial charge in [-0.1, -0.05) is 30.3 Å². The fraction of sp³-hybridized carbons (Fsp3) is 0.600. The van der Waals surface area contributed by atoms with Crippen molar-refractivity contribution in [2.75, 3.05) is 26.8 Å². The SMILES string of the molecule is COCCCN(CC(=O)N(Cc1ccccc1)Cc1sccc1C)C(=O)C12CC3CC(CC(C3)C1)C2. The first-order chi connectivity index (χ1) is 17.5. The first kappa shape index (κ1) is 25.5. The first-order valence-electron chi connectivity index (χ1n) is 13.6. The summed E-state index contributed by atoms with van der Waals surface area (Å²) in [5, 5.41) is 2.09. The number of aryl methyl sites for hydroxylation is 1. The Morgan fingerprint density at radius 3 is 2.22 bits per heavy atom. The highest BCUT2D eigenvalue weighted by molar-refractivity contribution is 7.10. The molecule has 0 unspecified atom stereocenters. The molecule has 4 bridgehead atoms. The lowest BCUT2D eigenvalue weighted by molar-refractivity contribution is -0.160. The topological polar surface area (TPSA) is 49.9 Å². The van der Waals surface area contributed by atoms with Gasteiger partial charge in [-0.3, -0.25) is 9.59 Å². The molecule has 4 fully saturated rings. The lowest BCUT2D eigenvalue weighted by Gasteiger charge is -2.56. The molecule has 6 heteroatoms. The summed E-state index contributed by atoms with van der Waals surface area (Å²) in [6.45, 7) is 4.56. The summed E-state index contributed by atoms with van der Waals surface area (Å²) in [4.78, 5) is 33.1. The minimum Gasteiger partial charge on any atom is -0.385 e. The monoisotopic (exact) mass is 508 g/mol. The van der Waals surface area contributed by atoms with E-state index in [1.165, 1.54) is 29.7 Å². The lowest BCUT2D eigenvalue weighted by atomic mass is 9.49. The van der Waals surface area contributed by atoms with Crippen LogP contribution in [0.25, 0.3) is 0 Å². The van der Waals surface area contributed by atoms with Crippen LogP contribution in [0.3, 0.4) is 0 Å². The van der Waals surface area contributed by atoms with Crippen molar-refractivity contribution in [1.82, 2.24) is 9.80 Å². The Bertz CT molecular complexity index is 1010. The Morgan fingerprint density at radius 1 is 0.972 bits per heavy atom. The Balaban J connectivity index is 1.35. The third-order valence-corrected chi connectivity index (χ3v) is 9.76. The van der Waals surface area contributed by atoms with Crippen molar-refractivity contribution in [3.63, 3.8) is 0 Å². The number of rotatable bonds is 11. The molecule has 6 rings (SSSR count). The summed E-state index contributed by atoms with van der Waals surface area (Å²) in [6, 6.07) is 12.3. The molecule has 4 aliphatic carbocycles. The maximum atomic E-state index is 14.2. The highest BCUT2D eigenvalue weighted by Gasteiger charge is 2.55. The van der Waals surface area contributed by atoms with Gasteiger partial charge in [-0.05, 0) is 92.2 Å². The summed E-state index contributed by atoms with van der Waals surface area (Å²) in [5.74, 6) is 2.37. The van der Waals surface area contributed by atoms with Crippen LogP contribution < -0.4 is 0 Å².